The van der Waals surface area contributed by atoms with Gasteiger partial charge in [0.15, 0.2) is 0 Å². The maximum atomic E-state index is 12.7. The Morgan fingerprint density at radius 3 is 1.61 bits per heavy atom. The van der Waals surface area contributed by atoms with Crippen molar-refractivity contribution in [3.8, 4) is 0 Å². The Morgan fingerprint density at radius 2 is 1.13 bits per heavy atom. The average Bonchev–Trinajstić information content (AvgIpc) is 3.04. The van der Waals surface area contributed by atoms with Crippen LogP contribution in [0.2, 0.25) is 0 Å². The second kappa shape index (κ2) is 33.9. The molecule has 46 heavy (non-hydrogen) atoms. The number of allylic oxidation sites excluding steroid dienone is 3. The van der Waals surface area contributed by atoms with Gasteiger partial charge in [0.25, 0.3) is 0 Å². The Bertz CT molecular complexity index is 779. The molecular formula is C37H73N2O6P. The normalized spacial score (nSPS) is 14.6. The van der Waals surface area contributed by atoms with Crippen molar-refractivity contribution in [2.75, 3.05) is 19.8 Å². The van der Waals surface area contributed by atoms with E-state index in [-0.39, 0.29) is 25.7 Å². The minimum Gasteiger partial charge on any atom is -0.387 e. The first-order valence-corrected chi connectivity index (χ1v) is 20.5. The Hall–Kier alpha value is -1.02. The molecule has 5 N–H and O–H groups in total. The Morgan fingerprint density at radius 1 is 0.696 bits per heavy atom. The lowest BCUT2D eigenvalue weighted by Crippen LogP contribution is -2.45. The maximum absolute atomic E-state index is 12.7. The third-order valence-corrected chi connectivity index (χ3v) is 9.26. The van der Waals surface area contributed by atoms with Crippen LogP contribution >= 0.6 is 7.82 Å². The van der Waals surface area contributed by atoms with Crippen LogP contribution in [0.3, 0.4) is 0 Å². The zero-order chi connectivity index (χ0) is 34.0. The highest BCUT2D eigenvalue weighted by Crippen LogP contribution is 2.43. The smallest absolute Gasteiger partial charge is 0.387 e. The van der Waals surface area contributed by atoms with Crippen LogP contribution in [0.25, 0.3) is 0 Å². The second-order valence-electron chi connectivity index (χ2n) is 12.8. The number of phosphoric acid groups is 1. The highest BCUT2D eigenvalue weighted by atomic mass is 31.2. The summed E-state index contributed by atoms with van der Waals surface area (Å²) >= 11 is 0. The second-order valence-corrected chi connectivity index (χ2v) is 14.2. The molecule has 0 fully saturated rings. The standard InChI is InChI=1S/C37H73N2O6P/c1-3-5-7-9-11-13-14-15-16-17-18-19-20-21-22-23-25-27-29-31-37(41)39-35(34-45-46(42,43)44-33-32-38)36(40)30-28-26-24-12-10-8-6-4-2/h15-16,28,30,35-36,40H,3-14,17-27,29,31-34,38H2,1-2H3,(H,39,41)(H,42,43)/b16-15-,30-28+. The van der Waals surface area contributed by atoms with Gasteiger partial charge in [0.2, 0.25) is 5.91 Å². The topological polar surface area (TPSA) is 131 Å². The van der Waals surface area contributed by atoms with E-state index in [1.807, 2.05) is 6.08 Å². The number of amides is 1. The SMILES string of the molecule is CCCCCCCC/C=C\CCCCCCCCCCCC(=O)NC(COP(=O)(O)OCCN)C(O)/C=C/CCCCCCCC. The summed E-state index contributed by atoms with van der Waals surface area (Å²) in [7, 11) is -4.32. The van der Waals surface area contributed by atoms with E-state index in [1.54, 1.807) is 6.08 Å². The molecule has 0 aromatic carbocycles. The van der Waals surface area contributed by atoms with E-state index in [1.165, 1.54) is 116 Å². The number of nitrogens with two attached hydrogens (primary N) is 1. The first kappa shape index (κ1) is 45.0. The number of aliphatic hydroxyl groups is 1. The van der Waals surface area contributed by atoms with E-state index < -0.39 is 20.0 Å². The van der Waals surface area contributed by atoms with Gasteiger partial charge >= 0.3 is 7.82 Å². The molecule has 0 aliphatic carbocycles. The molecule has 0 aromatic heterocycles. The van der Waals surface area contributed by atoms with Gasteiger partial charge in [-0.1, -0.05) is 147 Å². The van der Waals surface area contributed by atoms with Gasteiger partial charge in [-0.3, -0.25) is 13.8 Å². The molecule has 9 heteroatoms. The lowest BCUT2D eigenvalue weighted by Gasteiger charge is -2.23. The number of aliphatic hydroxyl groups excluding tert-OH is 1. The number of nitrogens with one attached hydrogen (secondary N) is 1. The van der Waals surface area contributed by atoms with Gasteiger partial charge in [0.05, 0.1) is 25.4 Å². The van der Waals surface area contributed by atoms with Crippen molar-refractivity contribution >= 4 is 13.7 Å². The minimum absolute atomic E-state index is 0.0785. The summed E-state index contributed by atoms with van der Waals surface area (Å²) in [5, 5.41) is 13.5. The van der Waals surface area contributed by atoms with Gasteiger partial charge in [0.1, 0.15) is 0 Å². The van der Waals surface area contributed by atoms with Crippen molar-refractivity contribution < 1.29 is 28.4 Å². The zero-order valence-electron chi connectivity index (χ0n) is 29.8. The lowest BCUT2D eigenvalue weighted by molar-refractivity contribution is -0.123. The van der Waals surface area contributed by atoms with Crippen molar-refractivity contribution in [2.45, 2.75) is 187 Å². The number of carbonyl (C=O) groups excluding carboxylic acids is 1. The maximum Gasteiger partial charge on any atom is 0.472 e. The number of carbonyl (C=O) groups is 1. The van der Waals surface area contributed by atoms with Crippen LogP contribution in [-0.4, -0.2) is 47.8 Å². The molecule has 3 unspecified atom stereocenters. The fraction of sp³-hybridized carbons (Fsp3) is 0.865. The van der Waals surface area contributed by atoms with Gasteiger partial charge in [-0.25, -0.2) is 4.57 Å². The molecule has 1 amide bonds. The molecule has 0 aliphatic heterocycles. The Kier molecular flexibility index (Phi) is 33.1. The van der Waals surface area contributed by atoms with Crippen LogP contribution < -0.4 is 11.1 Å². The Labute approximate surface area is 283 Å². The van der Waals surface area contributed by atoms with Gasteiger partial charge in [-0.2, -0.15) is 0 Å². The molecule has 0 aliphatic rings. The summed E-state index contributed by atoms with van der Waals surface area (Å²) in [5.74, 6) is -0.200. The number of unbranched alkanes of at least 4 members (excludes halogenated alkanes) is 21. The average molecular weight is 673 g/mol. The molecule has 272 valence electrons. The summed E-state index contributed by atoms with van der Waals surface area (Å²) < 4.78 is 21.9. The molecule has 0 aromatic rings. The molecule has 8 nitrogen and oxygen atoms in total. The quantitative estimate of drug-likeness (QED) is 0.0299. The number of rotatable bonds is 35. The highest BCUT2D eigenvalue weighted by molar-refractivity contribution is 7.47. The molecular weight excluding hydrogens is 599 g/mol. The summed E-state index contributed by atoms with van der Waals surface area (Å²) in [6.45, 7) is 4.07. The molecule has 3 atom stereocenters. The largest absolute Gasteiger partial charge is 0.472 e. The summed E-state index contributed by atoms with van der Waals surface area (Å²) in [6.07, 6.45) is 36.6. The van der Waals surface area contributed by atoms with Gasteiger partial charge in [0, 0.05) is 13.0 Å². The van der Waals surface area contributed by atoms with Gasteiger partial charge < -0.3 is 21.1 Å². The molecule has 0 saturated carbocycles. The van der Waals surface area contributed by atoms with E-state index in [0.29, 0.717) is 6.42 Å². The van der Waals surface area contributed by atoms with Gasteiger partial charge in [-0.05, 0) is 44.9 Å². The van der Waals surface area contributed by atoms with Crippen LogP contribution in [0.4, 0.5) is 0 Å². The van der Waals surface area contributed by atoms with Crippen LogP contribution in [0.5, 0.6) is 0 Å². The minimum atomic E-state index is -4.32. The predicted octanol–water partition coefficient (Wildman–Crippen LogP) is 9.83. The molecule has 0 spiro atoms. The molecule has 0 radical (unpaired) electrons. The van der Waals surface area contributed by atoms with E-state index in [2.05, 4.69) is 31.3 Å². The fourth-order valence-corrected chi connectivity index (χ4v) is 6.12. The summed E-state index contributed by atoms with van der Waals surface area (Å²) in [4.78, 5) is 22.5. The van der Waals surface area contributed by atoms with Crippen LogP contribution in [0.15, 0.2) is 24.3 Å². The van der Waals surface area contributed by atoms with E-state index in [4.69, 9.17) is 14.8 Å². The zero-order valence-corrected chi connectivity index (χ0v) is 30.7. The van der Waals surface area contributed by atoms with Crippen molar-refractivity contribution in [1.29, 1.82) is 0 Å². The number of phosphoric ester groups is 1. The number of hydrogen-bond donors (Lipinski definition) is 4. The molecule has 0 bridgehead atoms. The first-order valence-electron chi connectivity index (χ1n) is 19.0. The third-order valence-electron chi connectivity index (χ3n) is 8.27. The van der Waals surface area contributed by atoms with Crippen molar-refractivity contribution in [3.05, 3.63) is 24.3 Å². The molecule has 0 saturated heterocycles. The van der Waals surface area contributed by atoms with E-state index in [0.717, 1.165) is 38.5 Å². The summed E-state index contributed by atoms with van der Waals surface area (Å²) in [6, 6.07) is -0.855. The highest BCUT2D eigenvalue weighted by Gasteiger charge is 2.26. The molecule has 0 rings (SSSR count). The fourth-order valence-electron chi connectivity index (χ4n) is 5.36. The van der Waals surface area contributed by atoms with Crippen LogP contribution in [0, 0.1) is 0 Å². The molecule has 0 heterocycles. The predicted molar refractivity (Wildman–Crippen MR) is 194 cm³/mol. The van der Waals surface area contributed by atoms with Crippen molar-refractivity contribution in [1.82, 2.24) is 5.32 Å². The van der Waals surface area contributed by atoms with E-state index >= 15 is 0 Å². The van der Waals surface area contributed by atoms with E-state index in [9.17, 15) is 19.4 Å². The third kappa shape index (κ3) is 31.6. The first-order chi connectivity index (χ1) is 22.4. The lowest BCUT2D eigenvalue weighted by atomic mass is 10.0. The Balaban J connectivity index is 4.15. The monoisotopic (exact) mass is 673 g/mol. The van der Waals surface area contributed by atoms with Crippen molar-refractivity contribution in [3.63, 3.8) is 0 Å². The van der Waals surface area contributed by atoms with Crippen molar-refractivity contribution in [2.24, 2.45) is 5.73 Å². The van der Waals surface area contributed by atoms with Crippen LogP contribution in [-0.2, 0) is 18.4 Å². The van der Waals surface area contributed by atoms with Gasteiger partial charge in [-0.15, -0.1) is 0 Å². The summed E-state index contributed by atoms with van der Waals surface area (Å²) in [5.41, 5.74) is 5.34. The number of hydrogen-bond acceptors (Lipinski definition) is 6. The van der Waals surface area contributed by atoms with Crippen LogP contribution in [0.1, 0.15) is 174 Å².